The fourth-order valence-corrected chi connectivity index (χ4v) is 2.66. The number of ether oxygens (including phenoxy) is 1. The Morgan fingerprint density at radius 3 is 2.47 bits per heavy atom. The first-order valence-electron chi connectivity index (χ1n) is 6.58. The van der Waals surface area contributed by atoms with Gasteiger partial charge in [0.1, 0.15) is 5.75 Å². The molecular formula is C15H23ClO3. The first-order chi connectivity index (χ1) is 8.96. The van der Waals surface area contributed by atoms with Gasteiger partial charge >= 0.3 is 0 Å². The average Bonchev–Trinajstić information content (AvgIpc) is 2.42. The van der Waals surface area contributed by atoms with E-state index in [1.807, 2.05) is 19.9 Å². The molecule has 0 aromatic heterocycles. The number of benzene rings is 1. The molecule has 0 heterocycles. The minimum atomic E-state index is -0.714. The van der Waals surface area contributed by atoms with Crippen molar-refractivity contribution in [3.8, 4) is 5.75 Å². The Kier molecular flexibility index (Phi) is 6.11. The van der Waals surface area contributed by atoms with E-state index in [4.69, 9.17) is 21.4 Å². The van der Waals surface area contributed by atoms with Gasteiger partial charge in [0.25, 0.3) is 0 Å². The molecule has 0 spiro atoms. The number of hydrogen-bond acceptors (Lipinski definition) is 3. The molecule has 0 aliphatic carbocycles. The van der Waals surface area contributed by atoms with Crippen LogP contribution >= 0.6 is 11.6 Å². The highest BCUT2D eigenvalue weighted by Crippen LogP contribution is 2.39. The Hall–Kier alpha value is -0.770. The summed E-state index contributed by atoms with van der Waals surface area (Å²) in [5.41, 5.74) is 3.01. The van der Waals surface area contributed by atoms with Crippen molar-refractivity contribution in [2.24, 2.45) is 0 Å². The van der Waals surface area contributed by atoms with E-state index >= 15 is 0 Å². The Labute approximate surface area is 120 Å². The zero-order valence-corrected chi connectivity index (χ0v) is 12.8. The van der Waals surface area contributed by atoms with E-state index in [9.17, 15) is 5.11 Å². The van der Waals surface area contributed by atoms with Crippen LogP contribution in [0.25, 0.3) is 0 Å². The molecule has 0 saturated carbocycles. The van der Waals surface area contributed by atoms with E-state index in [0.717, 1.165) is 33.9 Å². The Morgan fingerprint density at radius 2 is 2.00 bits per heavy atom. The van der Waals surface area contributed by atoms with Gasteiger partial charge in [0.15, 0.2) is 0 Å². The van der Waals surface area contributed by atoms with Crippen LogP contribution < -0.4 is 4.74 Å². The quantitative estimate of drug-likeness (QED) is 0.844. The molecule has 0 aliphatic rings. The third-order valence-corrected chi connectivity index (χ3v) is 4.16. The van der Waals surface area contributed by atoms with Gasteiger partial charge in [-0.15, -0.1) is 0 Å². The van der Waals surface area contributed by atoms with Crippen molar-refractivity contribution in [2.75, 3.05) is 13.7 Å². The number of halogens is 1. The highest BCUT2D eigenvalue weighted by molar-refractivity contribution is 6.32. The minimum absolute atomic E-state index is 0.121. The molecule has 1 rings (SSSR count). The van der Waals surface area contributed by atoms with Gasteiger partial charge in [0.05, 0.1) is 19.8 Å². The zero-order chi connectivity index (χ0) is 14.6. The van der Waals surface area contributed by atoms with E-state index in [1.165, 1.54) is 0 Å². The Bertz CT molecular complexity index is 432. The van der Waals surface area contributed by atoms with Gasteiger partial charge in [-0.1, -0.05) is 18.5 Å². The van der Waals surface area contributed by atoms with E-state index < -0.39 is 6.10 Å². The summed E-state index contributed by atoms with van der Waals surface area (Å²) in [7, 11) is 1.64. The van der Waals surface area contributed by atoms with Crippen molar-refractivity contribution in [3.05, 3.63) is 27.8 Å². The smallest absolute Gasteiger partial charge is 0.122 e. The molecule has 2 N–H and O–H groups in total. The van der Waals surface area contributed by atoms with E-state index in [1.54, 1.807) is 7.11 Å². The number of aliphatic hydroxyl groups is 2. The summed E-state index contributed by atoms with van der Waals surface area (Å²) >= 11 is 6.32. The number of rotatable bonds is 6. The lowest BCUT2D eigenvalue weighted by Gasteiger charge is -2.24. The molecule has 2 unspecified atom stereocenters. The molecule has 4 heteroatoms. The molecule has 0 amide bonds. The molecule has 0 radical (unpaired) electrons. The summed E-state index contributed by atoms with van der Waals surface area (Å²) in [6.45, 7) is 5.76. The highest BCUT2D eigenvalue weighted by Gasteiger charge is 2.22. The van der Waals surface area contributed by atoms with Crippen LogP contribution in [0.4, 0.5) is 0 Å². The van der Waals surface area contributed by atoms with Gasteiger partial charge in [0.2, 0.25) is 0 Å². The third kappa shape index (κ3) is 3.62. The molecule has 0 aliphatic heterocycles. The molecule has 108 valence electrons. The molecule has 0 saturated heterocycles. The predicted molar refractivity (Wildman–Crippen MR) is 78.2 cm³/mol. The van der Waals surface area contributed by atoms with Crippen LogP contribution in [0, 0.1) is 13.8 Å². The third-order valence-electron chi connectivity index (χ3n) is 3.58. The number of hydrogen-bond donors (Lipinski definition) is 2. The summed E-state index contributed by atoms with van der Waals surface area (Å²) in [5.74, 6) is 0.923. The lowest BCUT2D eigenvalue weighted by Crippen LogP contribution is -2.17. The molecule has 1 aromatic carbocycles. The van der Waals surface area contributed by atoms with Crippen molar-refractivity contribution in [1.82, 2.24) is 0 Å². The number of methoxy groups -OCH3 is 1. The second kappa shape index (κ2) is 7.13. The monoisotopic (exact) mass is 286 g/mol. The van der Waals surface area contributed by atoms with Crippen LogP contribution in [-0.4, -0.2) is 30.0 Å². The van der Waals surface area contributed by atoms with Gasteiger partial charge in [0, 0.05) is 10.6 Å². The maximum atomic E-state index is 9.68. The first-order valence-corrected chi connectivity index (χ1v) is 6.96. The highest BCUT2D eigenvalue weighted by atomic mass is 35.5. The molecule has 3 nitrogen and oxygen atoms in total. The van der Waals surface area contributed by atoms with Crippen molar-refractivity contribution in [2.45, 2.75) is 45.6 Å². The van der Waals surface area contributed by atoms with Crippen LogP contribution in [0.2, 0.25) is 5.02 Å². The molecule has 0 bridgehead atoms. The largest absolute Gasteiger partial charge is 0.496 e. The van der Waals surface area contributed by atoms with E-state index in [-0.39, 0.29) is 12.5 Å². The predicted octanol–water partition coefficient (Wildman–Crippen LogP) is 3.20. The minimum Gasteiger partial charge on any atom is -0.496 e. The average molecular weight is 287 g/mol. The van der Waals surface area contributed by atoms with E-state index in [0.29, 0.717) is 6.42 Å². The lowest BCUT2D eigenvalue weighted by molar-refractivity contribution is 0.0815. The SMILES string of the molecule is CCC(CC(O)CO)c1c(OC)cc(C)c(Cl)c1C. The first kappa shape index (κ1) is 16.3. The standard InChI is InChI=1S/C15H23ClO3/c1-5-11(7-12(18)8-17)14-10(3)15(16)9(2)6-13(14)19-4/h6,11-12,17-18H,5,7-8H2,1-4H3. The van der Waals surface area contributed by atoms with E-state index in [2.05, 4.69) is 6.92 Å². The summed E-state index contributed by atoms with van der Waals surface area (Å²) in [5, 5.41) is 19.4. The summed E-state index contributed by atoms with van der Waals surface area (Å²) in [6.07, 6.45) is 0.645. The van der Waals surface area contributed by atoms with Crippen LogP contribution in [0.5, 0.6) is 5.75 Å². The van der Waals surface area contributed by atoms with Gasteiger partial charge in [-0.2, -0.15) is 0 Å². The Balaban J connectivity index is 3.25. The normalized spacial score (nSPS) is 14.3. The summed E-state index contributed by atoms with van der Waals surface area (Å²) in [6, 6.07) is 1.93. The van der Waals surface area contributed by atoms with Crippen LogP contribution in [0.15, 0.2) is 6.07 Å². The van der Waals surface area contributed by atoms with Gasteiger partial charge in [-0.05, 0) is 49.8 Å². The fraction of sp³-hybridized carbons (Fsp3) is 0.600. The van der Waals surface area contributed by atoms with Crippen molar-refractivity contribution in [1.29, 1.82) is 0 Å². The summed E-state index contributed by atoms with van der Waals surface area (Å²) < 4.78 is 5.46. The molecule has 19 heavy (non-hydrogen) atoms. The number of aryl methyl sites for hydroxylation is 1. The van der Waals surface area contributed by atoms with Crippen molar-refractivity contribution in [3.63, 3.8) is 0 Å². The topological polar surface area (TPSA) is 49.7 Å². The van der Waals surface area contributed by atoms with Crippen molar-refractivity contribution >= 4 is 11.6 Å². The molecule has 0 fully saturated rings. The molecule has 1 aromatic rings. The molecular weight excluding hydrogens is 264 g/mol. The zero-order valence-electron chi connectivity index (χ0n) is 12.0. The second-order valence-corrected chi connectivity index (χ2v) is 5.30. The van der Waals surface area contributed by atoms with Crippen molar-refractivity contribution < 1.29 is 14.9 Å². The Morgan fingerprint density at radius 1 is 1.37 bits per heavy atom. The van der Waals surface area contributed by atoms with Gasteiger partial charge < -0.3 is 14.9 Å². The van der Waals surface area contributed by atoms with Gasteiger partial charge in [-0.3, -0.25) is 0 Å². The maximum Gasteiger partial charge on any atom is 0.122 e. The van der Waals surface area contributed by atoms with Crippen LogP contribution in [-0.2, 0) is 0 Å². The lowest BCUT2D eigenvalue weighted by atomic mass is 9.86. The fourth-order valence-electron chi connectivity index (χ4n) is 2.50. The maximum absolute atomic E-state index is 9.68. The van der Waals surface area contributed by atoms with Gasteiger partial charge in [-0.25, -0.2) is 0 Å². The van der Waals surface area contributed by atoms with Crippen LogP contribution in [0.3, 0.4) is 0 Å². The summed E-state index contributed by atoms with van der Waals surface area (Å²) in [4.78, 5) is 0. The van der Waals surface area contributed by atoms with Crippen LogP contribution in [0.1, 0.15) is 42.4 Å². The number of aliphatic hydroxyl groups excluding tert-OH is 2. The molecule has 2 atom stereocenters. The second-order valence-electron chi connectivity index (χ2n) is 4.93.